The number of hydrogen-bond donors (Lipinski definition) is 0. The van der Waals surface area contributed by atoms with Crippen LogP contribution in [0.4, 0.5) is 4.39 Å². The van der Waals surface area contributed by atoms with E-state index in [1.54, 1.807) is 23.5 Å². The first kappa shape index (κ1) is 12.4. The Hall–Kier alpha value is -1.07. The van der Waals surface area contributed by atoms with Gasteiger partial charge in [-0.05, 0) is 30.7 Å². The number of aryl methyl sites for hydroxylation is 1. The molecule has 90 valence electrons. The van der Waals surface area contributed by atoms with E-state index in [4.69, 9.17) is 0 Å². The highest BCUT2D eigenvalue weighted by Gasteiger charge is 2.08. The van der Waals surface area contributed by atoms with Gasteiger partial charge in [-0.3, -0.25) is 4.21 Å². The van der Waals surface area contributed by atoms with Gasteiger partial charge in [-0.2, -0.15) is 0 Å². The van der Waals surface area contributed by atoms with E-state index in [0.29, 0.717) is 10.6 Å². The van der Waals surface area contributed by atoms with Crippen LogP contribution in [0.15, 0.2) is 34.5 Å². The summed E-state index contributed by atoms with van der Waals surface area (Å²) >= 11 is 1.58. The Morgan fingerprint density at radius 3 is 2.65 bits per heavy atom. The zero-order chi connectivity index (χ0) is 12.3. The van der Waals surface area contributed by atoms with Gasteiger partial charge in [-0.25, -0.2) is 9.37 Å². The normalized spacial score (nSPS) is 12.6. The van der Waals surface area contributed by atoms with Crippen molar-refractivity contribution in [3.8, 4) is 0 Å². The molecule has 2 rings (SSSR count). The van der Waals surface area contributed by atoms with Gasteiger partial charge in [0, 0.05) is 10.3 Å². The molecule has 0 amide bonds. The molecule has 0 fully saturated rings. The predicted octanol–water partition coefficient (Wildman–Crippen LogP) is 3.15. The van der Waals surface area contributed by atoms with Gasteiger partial charge in [-0.15, -0.1) is 11.3 Å². The number of nitrogens with zero attached hydrogens (tertiary/aromatic N) is 1. The molecule has 1 aromatic carbocycles. The molecule has 2 aromatic rings. The molecule has 0 aliphatic heterocycles. The standard InChI is InChI=1S/C12H12FNOS2/c1-2-12-14-10(7-16-12)8-17(15)11-5-3-9(13)4-6-11/h3-7H,2,8H2,1H3. The molecular weight excluding hydrogens is 257 g/mol. The lowest BCUT2D eigenvalue weighted by Gasteiger charge is -1.99. The monoisotopic (exact) mass is 269 g/mol. The number of halogens is 1. The smallest absolute Gasteiger partial charge is 0.123 e. The number of benzene rings is 1. The number of thiazole rings is 1. The Morgan fingerprint density at radius 1 is 1.35 bits per heavy atom. The van der Waals surface area contributed by atoms with Gasteiger partial charge in [0.25, 0.3) is 0 Å². The lowest BCUT2D eigenvalue weighted by atomic mass is 10.4. The highest BCUT2D eigenvalue weighted by molar-refractivity contribution is 7.84. The van der Waals surface area contributed by atoms with Gasteiger partial charge in [0.15, 0.2) is 0 Å². The third kappa shape index (κ3) is 3.20. The minimum Gasteiger partial charge on any atom is -0.254 e. The van der Waals surface area contributed by atoms with Crippen LogP contribution in [0.5, 0.6) is 0 Å². The van der Waals surface area contributed by atoms with Crippen molar-refractivity contribution >= 4 is 22.1 Å². The van der Waals surface area contributed by atoms with Crippen LogP contribution in [0.3, 0.4) is 0 Å². The quantitative estimate of drug-likeness (QED) is 0.853. The van der Waals surface area contributed by atoms with Crippen molar-refractivity contribution < 1.29 is 8.60 Å². The first-order valence-electron chi connectivity index (χ1n) is 5.26. The molecule has 0 spiro atoms. The largest absolute Gasteiger partial charge is 0.254 e. The molecule has 0 saturated carbocycles. The summed E-state index contributed by atoms with van der Waals surface area (Å²) in [6.45, 7) is 2.04. The fourth-order valence-corrected chi connectivity index (χ4v) is 3.25. The number of aromatic nitrogens is 1. The summed E-state index contributed by atoms with van der Waals surface area (Å²) in [5.74, 6) is 0.0787. The molecule has 0 radical (unpaired) electrons. The van der Waals surface area contributed by atoms with Gasteiger partial charge in [0.1, 0.15) is 5.82 Å². The molecule has 0 N–H and O–H groups in total. The van der Waals surface area contributed by atoms with Crippen LogP contribution in [0.2, 0.25) is 0 Å². The lowest BCUT2D eigenvalue weighted by molar-refractivity contribution is 0.626. The van der Waals surface area contributed by atoms with E-state index in [9.17, 15) is 8.60 Å². The van der Waals surface area contributed by atoms with Crippen LogP contribution in [0.1, 0.15) is 17.6 Å². The van der Waals surface area contributed by atoms with E-state index in [0.717, 1.165) is 17.1 Å². The molecule has 1 heterocycles. The van der Waals surface area contributed by atoms with E-state index in [-0.39, 0.29) is 5.82 Å². The SMILES string of the molecule is CCc1nc(CS(=O)c2ccc(F)cc2)cs1. The second-order valence-corrected chi connectivity index (χ2v) is 5.92. The summed E-state index contributed by atoms with van der Waals surface area (Å²) in [4.78, 5) is 5.00. The summed E-state index contributed by atoms with van der Waals surface area (Å²) in [7, 11) is -1.15. The number of hydrogen-bond acceptors (Lipinski definition) is 3. The predicted molar refractivity (Wildman–Crippen MR) is 68.0 cm³/mol. The Morgan fingerprint density at radius 2 is 2.06 bits per heavy atom. The summed E-state index contributed by atoms with van der Waals surface area (Å²) in [6.07, 6.45) is 0.897. The Balaban J connectivity index is 2.08. The molecule has 5 heteroatoms. The summed E-state index contributed by atoms with van der Waals surface area (Å²) < 4.78 is 24.7. The van der Waals surface area contributed by atoms with Crippen LogP contribution < -0.4 is 0 Å². The maximum atomic E-state index is 12.7. The third-order valence-electron chi connectivity index (χ3n) is 2.26. The van der Waals surface area contributed by atoms with Gasteiger partial charge >= 0.3 is 0 Å². The van der Waals surface area contributed by atoms with Crippen molar-refractivity contribution in [1.29, 1.82) is 0 Å². The highest BCUT2D eigenvalue weighted by atomic mass is 32.2. The van der Waals surface area contributed by atoms with Crippen LogP contribution in [0, 0.1) is 5.82 Å². The van der Waals surface area contributed by atoms with Crippen LogP contribution in [0.25, 0.3) is 0 Å². The molecule has 17 heavy (non-hydrogen) atoms. The molecule has 1 atom stereocenters. The van der Waals surface area contributed by atoms with Crippen molar-refractivity contribution in [3.63, 3.8) is 0 Å². The molecule has 0 saturated heterocycles. The first-order valence-corrected chi connectivity index (χ1v) is 7.46. The topological polar surface area (TPSA) is 30.0 Å². The van der Waals surface area contributed by atoms with Gasteiger partial charge < -0.3 is 0 Å². The zero-order valence-electron chi connectivity index (χ0n) is 9.35. The fraction of sp³-hybridized carbons (Fsp3) is 0.250. The van der Waals surface area contributed by atoms with Crippen molar-refractivity contribution in [3.05, 3.63) is 46.2 Å². The molecular formula is C12H12FNOS2. The van der Waals surface area contributed by atoms with E-state index in [2.05, 4.69) is 4.98 Å². The summed E-state index contributed by atoms with van der Waals surface area (Å²) in [6, 6.07) is 5.76. The molecule has 0 aliphatic carbocycles. The van der Waals surface area contributed by atoms with Gasteiger partial charge in [0.2, 0.25) is 0 Å². The fourth-order valence-electron chi connectivity index (χ4n) is 1.38. The van der Waals surface area contributed by atoms with Crippen molar-refractivity contribution in [2.24, 2.45) is 0 Å². The molecule has 0 aliphatic rings. The summed E-state index contributed by atoms with van der Waals surface area (Å²) in [5, 5.41) is 2.98. The van der Waals surface area contributed by atoms with E-state index < -0.39 is 10.8 Å². The zero-order valence-corrected chi connectivity index (χ0v) is 11.0. The lowest BCUT2D eigenvalue weighted by Crippen LogP contribution is -1.97. The Bertz CT molecular complexity index is 522. The Labute approximate surface area is 106 Å². The molecule has 0 bridgehead atoms. The van der Waals surface area contributed by atoms with E-state index in [1.807, 2.05) is 12.3 Å². The van der Waals surface area contributed by atoms with E-state index >= 15 is 0 Å². The van der Waals surface area contributed by atoms with Gasteiger partial charge in [-0.1, -0.05) is 6.92 Å². The van der Waals surface area contributed by atoms with Crippen molar-refractivity contribution in [2.45, 2.75) is 24.0 Å². The minimum absolute atomic E-state index is 0.312. The van der Waals surface area contributed by atoms with Crippen LogP contribution in [-0.4, -0.2) is 9.19 Å². The molecule has 1 aromatic heterocycles. The summed E-state index contributed by atoms with van der Waals surface area (Å²) in [5.41, 5.74) is 0.842. The van der Waals surface area contributed by atoms with Gasteiger partial charge in [0.05, 0.1) is 27.3 Å². The van der Waals surface area contributed by atoms with Crippen molar-refractivity contribution in [1.82, 2.24) is 4.98 Å². The van der Waals surface area contributed by atoms with Crippen LogP contribution in [-0.2, 0) is 23.0 Å². The molecule has 2 nitrogen and oxygen atoms in total. The third-order valence-corrected chi connectivity index (χ3v) is 4.66. The average Bonchev–Trinajstić information content (AvgIpc) is 2.77. The first-order chi connectivity index (χ1) is 8.19. The maximum absolute atomic E-state index is 12.7. The maximum Gasteiger partial charge on any atom is 0.123 e. The number of rotatable bonds is 4. The van der Waals surface area contributed by atoms with Crippen molar-refractivity contribution in [2.75, 3.05) is 0 Å². The molecule has 1 unspecified atom stereocenters. The second kappa shape index (κ2) is 5.51. The average molecular weight is 269 g/mol. The van der Waals surface area contributed by atoms with Crippen LogP contribution >= 0.6 is 11.3 Å². The minimum atomic E-state index is -1.15. The second-order valence-electron chi connectivity index (χ2n) is 3.53. The van der Waals surface area contributed by atoms with E-state index in [1.165, 1.54) is 12.1 Å². The Kier molecular flexibility index (Phi) is 4.02. The highest BCUT2D eigenvalue weighted by Crippen LogP contribution is 2.16.